The maximum Gasteiger partial charge on any atom is 0.163 e. The molecule has 0 aromatic carbocycles. The summed E-state index contributed by atoms with van der Waals surface area (Å²) >= 11 is 0. The van der Waals surface area contributed by atoms with Crippen molar-refractivity contribution in [1.29, 1.82) is 0 Å². The van der Waals surface area contributed by atoms with Gasteiger partial charge in [0.2, 0.25) is 0 Å². The van der Waals surface area contributed by atoms with E-state index in [1.165, 1.54) is 5.56 Å². The smallest absolute Gasteiger partial charge is 0.163 e. The summed E-state index contributed by atoms with van der Waals surface area (Å²) in [6.45, 7) is 8.25. The van der Waals surface area contributed by atoms with Gasteiger partial charge < -0.3 is 10.2 Å². The molecule has 0 aliphatic carbocycles. The molecule has 1 aliphatic rings. The van der Waals surface area contributed by atoms with E-state index >= 15 is 0 Å². The number of anilines is 1. The molecular weight excluding hydrogens is 262 g/mol. The minimum atomic E-state index is 0.770. The molecule has 0 bridgehead atoms. The molecule has 0 atom stereocenters. The van der Waals surface area contributed by atoms with Crippen LogP contribution in [-0.2, 0) is 6.42 Å². The SMILES string of the molecule is CCc1c(C)nc(-c2cccnc2)nc1N1CCNCC1. The normalized spacial score (nSPS) is 15.2. The topological polar surface area (TPSA) is 53.9 Å². The van der Waals surface area contributed by atoms with Gasteiger partial charge in [-0.15, -0.1) is 0 Å². The van der Waals surface area contributed by atoms with Crippen LogP contribution in [-0.4, -0.2) is 41.1 Å². The Balaban J connectivity index is 2.06. The summed E-state index contributed by atoms with van der Waals surface area (Å²) in [5.74, 6) is 1.86. The number of rotatable bonds is 3. The molecule has 0 unspecified atom stereocenters. The summed E-state index contributed by atoms with van der Waals surface area (Å²) in [5, 5.41) is 3.39. The Morgan fingerprint density at radius 1 is 1.24 bits per heavy atom. The molecule has 2 aromatic rings. The lowest BCUT2D eigenvalue weighted by Gasteiger charge is -2.30. The van der Waals surface area contributed by atoms with Crippen LogP contribution < -0.4 is 10.2 Å². The first-order valence-corrected chi connectivity index (χ1v) is 7.53. The lowest BCUT2D eigenvalue weighted by atomic mass is 10.1. The molecule has 1 N–H and O–H groups in total. The summed E-state index contributed by atoms with van der Waals surface area (Å²) in [7, 11) is 0. The summed E-state index contributed by atoms with van der Waals surface area (Å²) in [6, 6.07) is 3.93. The molecule has 110 valence electrons. The van der Waals surface area contributed by atoms with E-state index < -0.39 is 0 Å². The highest BCUT2D eigenvalue weighted by Crippen LogP contribution is 2.25. The number of hydrogen-bond donors (Lipinski definition) is 1. The first-order valence-electron chi connectivity index (χ1n) is 7.53. The Kier molecular flexibility index (Phi) is 4.10. The van der Waals surface area contributed by atoms with Crippen LogP contribution in [0.1, 0.15) is 18.2 Å². The third-order valence-corrected chi connectivity index (χ3v) is 3.88. The second-order valence-corrected chi connectivity index (χ2v) is 5.27. The number of nitrogens with zero attached hydrogens (tertiary/aromatic N) is 4. The third-order valence-electron chi connectivity index (χ3n) is 3.88. The molecule has 1 aliphatic heterocycles. The van der Waals surface area contributed by atoms with Gasteiger partial charge in [-0.1, -0.05) is 6.92 Å². The molecular formula is C16H21N5. The maximum atomic E-state index is 4.85. The fourth-order valence-corrected chi connectivity index (χ4v) is 2.76. The molecule has 0 amide bonds. The van der Waals surface area contributed by atoms with E-state index in [9.17, 15) is 0 Å². The van der Waals surface area contributed by atoms with Gasteiger partial charge in [-0.25, -0.2) is 9.97 Å². The number of piperazine rings is 1. The average Bonchev–Trinajstić information content (AvgIpc) is 2.55. The lowest BCUT2D eigenvalue weighted by molar-refractivity contribution is 0.582. The van der Waals surface area contributed by atoms with Crippen molar-refractivity contribution in [3.63, 3.8) is 0 Å². The van der Waals surface area contributed by atoms with Crippen molar-refractivity contribution in [2.24, 2.45) is 0 Å². The van der Waals surface area contributed by atoms with E-state index in [1.807, 2.05) is 18.3 Å². The van der Waals surface area contributed by atoms with E-state index in [0.717, 1.165) is 55.5 Å². The molecule has 1 fully saturated rings. The second-order valence-electron chi connectivity index (χ2n) is 5.27. The van der Waals surface area contributed by atoms with Gasteiger partial charge in [0.15, 0.2) is 5.82 Å². The van der Waals surface area contributed by atoms with Gasteiger partial charge in [-0.3, -0.25) is 4.98 Å². The van der Waals surface area contributed by atoms with Crippen molar-refractivity contribution in [2.75, 3.05) is 31.1 Å². The first-order chi connectivity index (χ1) is 10.3. The van der Waals surface area contributed by atoms with Gasteiger partial charge >= 0.3 is 0 Å². The number of nitrogens with one attached hydrogen (secondary N) is 1. The molecule has 0 saturated carbocycles. The third kappa shape index (κ3) is 2.88. The minimum absolute atomic E-state index is 0.770. The molecule has 0 radical (unpaired) electrons. The maximum absolute atomic E-state index is 4.85. The minimum Gasteiger partial charge on any atom is -0.354 e. The standard InChI is InChI=1S/C16H21N5/c1-3-14-12(2)19-15(13-5-4-6-18-11-13)20-16(14)21-9-7-17-8-10-21/h4-6,11,17H,3,7-10H2,1-2H3. The largest absolute Gasteiger partial charge is 0.354 e. The zero-order chi connectivity index (χ0) is 14.7. The van der Waals surface area contributed by atoms with E-state index in [0.29, 0.717) is 0 Å². The Bertz CT molecular complexity index is 606. The highest BCUT2D eigenvalue weighted by atomic mass is 15.2. The number of aryl methyl sites for hydroxylation is 1. The van der Waals surface area contributed by atoms with Crippen molar-refractivity contribution in [2.45, 2.75) is 20.3 Å². The van der Waals surface area contributed by atoms with E-state index in [4.69, 9.17) is 4.98 Å². The van der Waals surface area contributed by atoms with Crippen LogP contribution in [0.5, 0.6) is 0 Å². The summed E-state index contributed by atoms with van der Waals surface area (Å²) in [6.07, 6.45) is 4.55. The summed E-state index contributed by atoms with van der Waals surface area (Å²) in [4.78, 5) is 16.1. The van der Waals surface area contributed by atoms with Gasteiger partial charge in [0.1, 0.15) is 5.82 Å². The van der Waals surface area contributed by atoms with Crippen LogP contribution in [0.15, 0.2) is 24.5 Å². The second kappa shape index (κ2) is 6.18. The van der Waals surface area contributed by atoms with Crippen molar-refractivity contribution in [3.8, 4) is 11.4 Å². The lowest BCUT2D eigenvalue weighted by Crippen LogP contribution is -2.44. The van der Waals surface area contributed by atoms with Crippen LogP contribution >= 0.6 is 0 Å². The molecule has 3 rings (SSSR count). The van der Waals surface area contributed by atoms with E-state index in [-0.39, 0.29) is 0 Å². The van der Waals surface area contributed by atoms with Gasteiger partial charge in [0, 0.05) is 55.4 Å². The highest BCUT2D eigenvalue weighted by molar-refractivity contribution is 5.60. The van der Waals surface area contributed by atoms with Crippen LogP contribution in [0.3, 0.4) is 0 Å². The monoisotopic (exact) mass is 283 g/mol. The Hall–Kier alpha value is -2.01. The number of pyridine rings is 1. The van der Waals surface area contributed by atoms with E-state index in [2.05, 4.69) is 34.0 Å². The van der Waals surface area contributed by atoms with Crippen molar-refractivity contribution in [3.05, 3.63) is 35.8 Å². The highest BCUT2D eigenvalue weighted by Gasteiger charge is 2.18. The van der Waals surface area contributed by atoms with E-state index in [1.54, 1.807) is 6.20 Å². The van der Waals surface area contributed by atoms with Gasteiger partial charge in [0.05, 0.1) is 0 Å². The van der Waals surface area contributed by atoms with Crippen LogP contribution in [0.25, 0.3) is 11.4 Å². The molecule has 2 aromatic heterocycles. The van der Waals surface area contributed by atoms with Gasteiger partial charge in [-0.05, 0) is 25.5 Å². The number of aromatic nitrogens is 3. The first kappa shape index (κ1) is 13.9. The Morgan fingerprint density at radius 2 is 2.05 bits per heavy atom. The van der Waals surface area contributed by atoms with Crippen molar-refractivity contribution < 1.29 is 0 Å². The molecule has 0 spiro atoms. The molecule has 5 nitrogen and oxygen atoms in total. The summed E-state index contributed by atoms with van der Waals surface area (Å²) in [5.41, 5.74) is 3.30. The van der Waals surface area contributed by atoms with Gasteiger partial charge in [-0.2, -0.15) is 0 Å². The Labute approximate surface area is 125 Å². The number of hydrogen-bond acceptors (Lipinski definition) is 5. The Morgan fingerprint density at radius 3 is 2.71 bits per heavy atom. The fourth-order valence-electron chi connectivity index (χ4n) is 2.76. The quantitative estimate of drug-likeness (QED) is 0.931. The molecule has 21 heavy (non-hydrogen) atoms. The van der Waals surface area contributed by atoms with Crippen molar-refractivity contribution in [1.82, 2.24) is 20.3 Å². The zero-order valence-corrected chi connectivity index (χ0v) is 12.6. The molecule has 3 heterocycles. The van der Waals surface area contributed by atoms with Crippen LogP contribution in [0.2, 0.25) is 0 Å². The predicted octanol–water partition coefficient (Wildman–Crippen LogP) is 1.82. The van der Waals surface area contributed by atoms with Crippen molar-refractivity contribution >= 4 is 5.82 Å². The van der Waals surface area contributed by atoms with Crippen LogP contribution in [0, 0.1) is 6.92 Å². The average molecular weight is 283 g/mol. The fraction of sp³-hybridized carbons (Fsp3) is 0.438. The molecule has 5 heteroatoms. The summed E-state index contributed by atoms with van der Waals surface area (Å²) < 4.78 is 0. The zero-order valence-electron chi connectivity index (χ0n) is 12.6. The van der Waals surface area contributed by atoms with Gasteiger partial charge in [0.25, 0.3) is 0 Å². The predicted molar refractivity (Wildman–Crippen MR) is 84.5 cm³/mol. The molecule has 1 saturated heterocycles. The van der Waals surface area contributed by atoms with Crippen LogP contribution in [0.4, 0.5) is 5.82 Å².